The molecule has 2 heterocycles. The highest BCUT2D eigenvalue weighted by Gasteiger charge is 2.27. The normalized spacial score (nSPS) is 15.4. The Bertz CT molecular complexity index is 1390. The summed E-state index contributed by atoms with van der Waals surface area (Å²) >= 11 is 0. The molecule has 0 atom stereocenters. The highest BCUT2D eigenvalue weighted by Crippen LogP contribution is 2.30. The van der Waals surface area contributed by atoms with Gasteiger partial charge < -0.3 is 14.5 Å². The van der Waals surface area contributed by atoms with Crippen LogP contribution in [0.4, 0.5) is 5.69 Å². The zero-order valence-corrected chi connectivity index (χ0v) is 17.4. The number of anilines is 1. The summed E-state index contributed by atoms with van der Waals surface area (Å²) in [5, 5.41) is 4.72. The fraction of sp³-hybridized carbons (Fsp3) is 0.174. The van der Waals surface area contributed by atoms with E-state index in [1.807, 2.05) is 36.4 Å². The summed E-state index contributed by atoms with van der Waals surface area (Å²) in [6, 6.07) is 19.2. The van der Waals surface area contributed by atoms with Crippen molar-refractivity contribution in [3.8, 4) is 0 Å². The van der Waals surface area contributed by atoms with Crippen LogP contribution in [0.3, 0.4) is 0 Å². The highest BCUT2D eigenvalue weighted by atomic mass is 32.2. The van der Waals surface area contributed by atoms with Crippen molar-refractivity contribution in [3.63, 3.8) is 0 Å². The molecule has 0 aliphatic carbocycles. The number of furan rings is 1. The number of fused-ring (bicyclic) bond motifs is 3. The molecule has 1 N–H and O–H groups in total. The van der Waals surface area contributed by atoms with Gasteiger partial charge in [-0.25, -0.2) is 8.42 Å². The Morgan fingerprint density at radius 3 is 2.48 bits per heavy atom. The first kappa shape index (κ1) is 19.7. The molecular formula is C23H20N2O5S. The maximum atomic E-state index is 12.9. The van der Waals surface area contributed by atoms with Crippen molar-refractivity contribution in [1.29, 1.82) is 0 Å². The van der Waals surface area contributed by atoms with E-state index in [4.69, 9.17) is 9.15 Å². The number of benzene rings is 3. The smallest absolute Gasteiger partial charge is 0.255 e. The van der Waals surface area contributed by atoms with E-state index in [0.717, 1.165) is 21.9 Å². The average molecular weight is 436 g/mol. The third-order valence-electron chi connectivity index (χ3n) is 5.34. The molecule has 7 nitrogen and oxygen atoms in total. The lowest BCUT2D eigenvalue weighted by atomic mass is 10.1. The summed E-state index contributed by atoms with van der Waals surface area (Å²) < 4.78 is 38.2. The van der Waals surface area contributed by atoms with Gasteiger partial charge in [0.15, 0.2) is 0 Å². The van der Waals surface area contributed by atoms with Crippen molar-refractivity contribution >= 4 is 43.6 Å². The Morgan fingerprint density at radius 2 is 1.65 bits per heavy atom. The van der Waals surface area contributed by atoms with Crippen molar-refractivity contribution in [2.75, 3.05) is 31.6 Å². The van der Waals surface area contributed by atoms with Crippen molar-refractivity contribution in [2.24, 2.45) is 0 Å². The van der Waals surface area contributed by atoms with E-state index in [-0.39, 0.29) is 16.4 Å². The summed E-state index contributed by atoms with van der Waals surface area (Å²) in [5.74, 6) is -0.383. The van der Waals surface area contributed by atoms with Crippen LogP contribution in [0.25, 0.3) is 21.9 Å². The monoisotopic (exact) mass is 436 g/mol. The van der Waals surface area contributed by atoms with Crippen LogP contribution >= 0.6 is 0 Å². The van der Waals surface area contributed by atoms with Gasteiger partial charge in [0.05, 0.1) is 18.1 Å². The number of para-hydroxylation sites is 1. The number of sulfonamides is 1. The molecule has 1 saturated heterocycles. The first-order valence-corrected chi connectivity index (χ1v) is 11.4. The standard InChI is InChI=1S/C23H20N2O5S/c26-23(16-4-3-5-18(14-16)31(27,28)25-10-12-29-13-11-25)24-17-8-9-22-20(15-17)19-6-1-2-7-21(19)30-22/h1-9,14-15H,10-13H2,(H,24,26). The minimum atomic E-state index is -3.68. The number of amides is 1. The van der Waals surface area contributed by atoms with E-state index in [0.29, 0.717) is 32.0 Å². The molecule has 8 heteroatoms. The van der Waals surface area contributed by atoms with Gasteiger partial charge in [-0.15, -0.1) is 0 Å². The second kappa shape index (κ2) is 7.81. The molecule has 1 aliphatic heterocycles. The number of rotatable bonds is 4. The zero-order chi connectivity index (χ0) is 21.4. The fourth-order valence-electron chi connectivity index (χ4n) is 3.74. The van der Waals surface area contributed by atoms with Gasteiger partial charge in [0.1, 0.15) is 11.2 Å². The Hall–Kier alpha value is -3.20. The van der Waals surface area contributed by atoms with Gasteiger partial charge >= 0.3 is 0 Å². The van der Waals surface area contributed by atoms with Gasteiger partial charge in [-0.2, -0.15) is 4.31 Å². The third kappa shape index (κ3) is 3.69. The fourth-order valence-corrected chi connectivity index (χ4v) is 5.20. The Labute approximate surface area is 179 Å². The van der Waals surface area contributed by atoms with E-state index in [9.17, 15) is 13.2 Å². The number of carbonyl (C=O) groups is 1. The molecule has 1 aromatic heterocycles. The van der Waals surface area contributed by atoms with Crippen molar-refractivity contribution in [2.45, 2.75) is 4.90 Å². The number of ether oxygens (including phenoxy) is 1. The van der Waals surface area contributed by atoms with Crippen molar-refractivity contribution in [1.82, 2.24) is 4.31 Å². The minimum absolute atomic E-state index is 0.0957. The zero-order valence-electron chi connectivity index (χ0n) is 16.6. The van der Waals surface area contributed by atoms with E-state index in [2.05, 4.69) is 5.32 Å². The van der Waals surface area contributed by atoms with Crippen molar-refractivity contribution < 1.29 is 22.4 Å². The van der Waals surface area contributed by atoms with Gasteiger partial charge in [-0.3, -0.25) is 4.79 Å². The van der Waals surface area contributed by atoms with E-state index in [1.165, 1.54) is 16.4 Å². The predicted octanol–water partition coefficient (Wildman–Crippen LogP) is 3.86. The van der Waals surface area contributed by atoms with E-state index in [1.54, 1.807) is 18.2 Å². The van der Waals surface area contributed by atoms with Crippen molar-refractivity contribution in [3.05, 3.63) is 72.3 Å². The Morgan fingerprint density at radius 1 is 0.871 bits per heavy atom. The van der Waals surface area contributed by atoms with Gasteiger partial charge in [-0.1, -0.05) is 24.3 Å². The van der Waals surface area contributed by atoms with E-state index >= 15 is 0 Å². The number of carbonyl (C=O) groups excluding carboxylic acids is 1. The topological polar surface area (TPSA) is 88.8 Å². The SMILES string of the molecule is O=C(Nc1ccc2oc3ccccc3c2c1)c1cccc(S(=O)(=O)N2CCOCC2)c1. The lowest BCUT2D eigenvalue weighted by molar-refractivity contribution is 0.0730. The summed E-state index contributed by atoms with van der Waals surface area (Å²) in [4.78, 5) is 12.9. The number of hydrogen-bond donors (Lipinski definition) is 1. The molecule has 31 heavy (non-hydrogen) atoms. The summed E-state index contributed by atoms with van der Waals surface area (Å²) in [5.41, 5.74) is 2.39. The summed E-state index contributed by atoms with van der Waals surface area (Å²) in [6.07, 6.45) is 0. The van der Waals surface area contributed by atoms with Gasteiger partial charge in [-0.05, 0) is 42.5 Å². The number of nitrogens with zero attached hydrogens (tertiary/aromatic N) is 1. The largest absolute Gasteiger partial charge is 0.456 e. The predicted molar refractivity (Wildman–Crippen MR) is 118 cm³/mol. The molecule has 3 aromatic carbocycles. The first-order valence-electron chi connectivity index (χ1n) is 9.93. The molecule has 1 amide bonds. The molecule has 158 valence electrons. The molecule has 1 fully saturated rings. The maximum Gasteiger partial charge on any atom is 0.255 e. The first-order chi connectivity index (χ1) is 15.0. The minimum Gasteiger partial charge on any atom is -0.456 e. The quantitative estimate of drug-likeness (QED) is 0.525. The van der Waals surface area contributed by atoms with Crippen LogP contribution in [-0.4, -0.2) is 44.9 Å². The van der Waals surface area contributed by atoms with Gasteiger partial charge in [0.25, 0.3) is 5.91 Å². The molecular weight excluding hydrogens is 416 g/mol. The van der Waals surface area contributed by atoms with Crippen LogP contribution in [0.1, 0.15) is 10.4 Å². The molecule has 0 radical (unpaired) electrons. The van der Waals surface area contributed by atoms with Crippen LogP contribution in [0.15, 0.2) is 76.0 Å². The molecule has 5 rings (SSSR count). The molecule has 0 unspecified atom stereocenters. The molecule has 0 spiro atoms. The highest BCUT2D eigenvalue weighted by molar-refractivity contribution is 7.89. The van der Waals surface area contributed by atoms with Crippen LogP contribution in [0.2, 0.25) is 0 Å². The second-order valence-electron chi connectivity index (χ2n) is 7.31. The molecule has 1 aliphatic rings. The average Bonchev–Trinajstić information content (AvgIpc) is 3.18. The summed E-state index contributed by atoms with van der Waals surface area (Å²) in [6.45, 7) is 1.34. The maximum absolute atomic E-state index is 12.9. The number of nitrogens with one attached hydrogen (secondary N) is 1. The molecule has 0 saturated carbocycles. The molecule has 4 aromatic rings. The number of hydrogen-bond acceptors (Lipinski definition) is 5. The number of morpholine rings is 1. The Balaban J connectivity index is 1.42. The van der Waals surface area contributed by atoms with Crippen LogP contribution < -0.4 is 5.32 Å². The third-order valence-corrected chi connectivity index (χ3v) is 7.23. The van der Waals surface area contributed by atoms with Gasteiger partial charge in [0, 0.05) is 35.1 Å². The van der Waals surface area contributed by atoms with Crippen LogP contribution in [0.5, 0.6) is 0 Å². The lowest BCUT2D eigenvalue weighted by Crippen LogP contribution is -2.40. The van der Waals surface area contributed by atoms with Crippen LogP contribution in [0, 0.1) is 0 Å². The van der Waals surface area contributed by atoms with E-state index < -0.39 is 10.0 Å². The summed E-state index contributed by atoms with van der Waals surface area (Å²) in [7, 11) is -3.68. The van der Waals surface area contributed by atoms with Gasteiger partial charge in [0.2, 0.25) is 10.0 Å². The molecule has 0 bridgehead atoms. The Kier molecular flexibility index (Phi) is 4.97. The second-order valence-corrected chi connectivity index (χ2v) is 9.25. The lowest BCUT2D eigenvalue weighted by Gasteiger charge is -2.26. The van der Waals surface area contributed by atoms with Crippen LogP contribution in [-0.2, 0) is 14.8 Å².